The van der Waals surface area contributed by atoms with Crippen LogP contribution in [0.5, 0.6) is 0 Å². The maximum atomic E-state index is 6.12. The van der Waals surface area contributed by atoms with Gasteiger partial charge in [-0.05, 0) is 40.8 Å². The Bertz CT molecular complexity index is 810. The predicted octanol–water partition coefficient (Wildman–Crippen LogP) is 2.70. The predicted molar refractivity (Wildman–Crippen MR) is 79.4 cm³/mol. The molecule has 0 fully saturated rings. The van der Waals surface area contributed by atoms with Crippen molar-refractivity contribution in [1.29, 1.82) is 0 Å². The van der Waals surface area contributed by atoms with Gasteiger partial charge in [0.2, 0.25) is 0 Å². The zero-order chi connectivity index (χ0) is 14.8. The second-order valence-electron chi connectivity index (χ2n) is 4.00. The van der Waals surface area contributed by atoms with E-state index in [1.165, 1.54) is 6.21 Å². The number of hydrogen-bond acceptors (Lipinski definition) is 6. The number of aromatic nitrogens is 4. The van der Waals surface area contributed by atoms with Gasteiger partial charge in [-0.25, -0.2) is 0 Å². The number of furan rings is 1. The summed E-state index contributed by atoms with van der Waals surface area (Å²) >= 11 is 12.1. The SMILES string of the molecule is Nc1nnnn1N=Cc1ccc(-c2cc(Cl)ccc2Cl)o1. The fourth-order valence-corrected chi connectivity index (χ4v) is 2.02. The molecule has 21 heavy (non-hydrogen) atoms. The normalized spacial score (nSPS) is 11.3. The number of nitrogen functional groups attached to an aromatic ring is 1. The van der Waals surface area contributed by atoms with Crippen LogP contribution in [0.25, 0.3) is 11.3 Å². The highest BCUT2D eigenvalue weighted by Gasteiger charge is 2.09. The van der Waals surface area contributed by atoms with E-state index in [2.05, 4.69) is 20.6 Å². The number of benzene rings is 1. The molecule has 2 N–H and O–H groups in total. The van der Waals surface area contributed by atoms with E-state index in [9.17, 15) is 0 Å². The topological polar surface area (TPSA) is 95.1 Å². The maximum absolute atomic E-state index is 6.12. The van der Waals surface area contributed by atoms with E-state index in [1.807, 2.05) is 0 Å². The van der Waals surface area contributed by atoms with Gasteiger partial charge in [0, 0.05) is 10.6 Å². The molecule has 0 unspecified atom stereocenters. The molecule has 0 bridgehead atoms. The van der Waals surface area contributed by atoms with Gasteiger partial charge in [-0.15, -0.1) is 0 Å². The summed E-state index contributed by atoms with van der Waals surface area (Å²) < 4.78 is 5.63. The van der Waals surface area contributed by atoms with Gasteiger partial charge in [-0.3, -0.25) is 0 Å². The molecule has 3 aromatic rings. The molecular formula is C12H8Cl2N6O. The van der Waals surface area contributed by atoms with Gasteiger partial charge in [-0.2, -0.15) is 5.10 Å². The fraction of sp³-hybridized carbons (Fsp3) is 0. The molecule has 9 heteroatoms. The summed E-state index contributed by atoms with van der Waals surface area (Å²) in [4.78, 5) is 1.08. The van der Waals surface area contributed by atoms with Crippen molar-refractivity contribution in [2.75, 3.05) is 5.73 Å². The average molecular weight is 323 g/mol. The molecule has 0 saturated heterocycles. The summed E-state index contributed by atoms with van der Waals surface area (Å²) in [5, 5.41) is 15.5. The van der Waals surface area contributed by atoms with E-state index in [0.29, 0.717) is 27.1 Å². The molecule has 2 aromatic heterocycles. The van der Waals surface area contributed by atoms with E-state index in [0.717, 1.165) is 4.79 Å². The first-order valence-electron chi connectivity index (χ1n) is 5.77. The largest absolute Gasteiger partial charge is 0.455 e. The zero-order valence-corrected chi connectivity index (χ0v) is 12.0. The van der Waals surface area contributed by atoms with E-state index in [1.54, 1.807) is 30.3 Å². The molecular weight excluding hydrogens is 315 g/mol. The minimum Gasteiger partial charge on any atom is -0.455 e. The lowest BCUT2D eigenvalue weighted by molar-refractivity contribution is 0.573. The van der Waals surface area contributed by atoms with Gasteiger partial charge in [0.05, 0.1) is 11.2 Å². The highest BCUT2D eigenvalue weighted by atomic mass is 35.5. The molecule has 7 nitrogen and oxygen atoms in total. The van der Waals surface area contributed by atoms with E-state index >= 15 is 0 Å². The first-order chi connectivity index (χ1) is 10.1. The van der Waals surface area contributed by atoms with E-state index < -0.39 is 0 Å². The van der Waals surface area contributed by atoms with E-state index in [4.69, 9.17) is 33.4 Å². The summed E-state index contributed by atoms with van der Waals surface area (Å²) in [6.45, 7) is 0. The zero-order valence-electron chi connectivity index (χ0n) is 10.4. The van der Waals surface area contributed by atoms with E-state index in [-0.39, 0.29) is 5.95 Å². The Labute approximate surface area is 129 Å². The van der Waals surface area contributed by atoms with Crippen molar-refractivity contribution in [3.05, 3.63) is 46.1 Å². The van der Waals surface area contributed by atoms with Crippen molar-refractivity contribution in [1.82, 2.24) is 20.3 Å². The molecule has 0 aliphatic carbocycles. The first-order valence-corrected chi connectivity index (χ1v) is 6.52. The molecule has 0 saturated carbocycles. The van der Waals surface area contributed by atoms with Crippen molar-refractivity contribution >= 4 is 35.4 Å². The number of tetrazole rings is 1. The van der Waals surface area contributed by atoms with Crippen molar-refractivity contribution in [3.8, 4) is 11.3 Å². The van der Waals surface area contributed by atoms with Crippen LogP contribution in [0.3, 0.4) is 0 Å². The molecule has 0 atom stereocenters. The van der Waals surface area contributed by atoms with Gasteiger partial charge in [0.25, 0.3) is 5.95 Å². The average Bonchev–Trinajstić information content (AvgIpc) is 3.08. The fourth-order valence-electron chi connectivity index (χ4n) is 1.64. The molecule has 106 valence electrons. The highest BCUT2D eigenvalue weighted by Crippen LogP contribution is 2.31. The van der Waals surface area contributed by atoms with Crippen LogP contribution in [0, 0.1) is 0 Å². The number of rotatable bonds is 3. The molecule has 3 rings (SSSR count). The Balaban J connectivity index is 1.88. The van der Waals surface area contributed by atoms with Crippen LogP contribution in [0.2, 0.25) is 10.0 Å². The summed E-state index contributed by atoms with van der Waals surface area (Å²) in [6.07, 6.45) is 1.44. The Morgan fingerprint density at radius 3 is 2.86 bits per heavy atom. The number of nitrogens with zero attached hydrogens (tertiary/aromatic N) is 5. The number of nitrogens with two attached hydrogens (primary N) is 1. The van der Waals surface area contributed by atoms with Crippen LogP contribution in [-0.4, -0.2) is 26.5 Å². The van der Waals surface area contributed by atoms with Crippen LogP contribution in [0.15, 0.2) is 39.9 Å². The van der Waals surface area contributed by atoms with Crippen LogP contribution < -0.4 is 5.73 Å². The van der Waals surface area contributed by atoms with Gasteiger partial charge < -0.3 is 10.2 Å². The van der Waals surface area contributed by atoms with Crippen molar-refractivity contribution in [2.45, 2.75) is 0 Å². The molecule has 0 radical (unpaired) electrons. The Hall–Kier alpha value is -2.38. The van der Waals surface area contributed by atoms with Crippen molar-refractivity contribution in [2.24, 2.45) is 5.10 Å². The Morgan fingerprint density at radius 2 is 2.10 bits per heavy atom. The van der Waals surface area contributed by atoms with Crippen molar-refractivity contribution in [3.63, 3.8) is 0 Å². The minimum absolute atomic E-state index is 0.0796. The standard InChI is InChI=1S/C12H8Cl2N6O/c13-7-1-3-10(14)9(5-7)11-4-2-8(21-11)6-16-20-12(15)17-18-19-20/h1-6H,(H2,15,17,19). The van der Waals surface area contributed by atoms with Gasteiger partial charge in [0.1, 0.15) is 11.5 Å². The summed E-state index contributed by atoms with van der Waals surface area (Å²) in [6, 6.07) is 8.64. The third-order valence-corrected chi connectivity index (χ3v) is 3.16. The molecule has 2 heterocycles. The van der Waals surface area contributed by atoms with Crippen LogP contribution >= 0.6 is 23.2 Å². The van der Waals surface area contributed by atoms with Gasteiger partial charge in [-0.1, -0.05) is 33.1 Å². The second kappa shape index (κ2) is 5.55. The summed E-state index contributed by atoms with van der Waals surface area (Å²) in [5.74, 6) is 1.15. The smallest absolute Gasteiger partial charge is 0.263 e. The Morgan fingerprint density at radius 1 is 1.24 bits per heavy atom. The quantitative estimate of drug-likeness (QED) is 0.748. The molecule has 0 aliphatic rings. The maximum Gasteiger partial charge on any atom is 0.263 e. The molecule has 0 amide bonds. The summed E-state index contributed by atoms with van der Waals surface area (Å²) in [5.41, 5.74) is 6.19. The van der Waals surface area contributed by atoms with Crippen LogP contribution in [-0.2, 0) is 0 Å². The number of halogens is 2. The van der Waals surface area contributed by atoms with Crippen molar-refractivity contribution < 1.29 is 4.42 Å². The molecule has 0 spiro atoms. The third kappa shape index (κ3) is 2.88. The van der Waals surface area contributed by atoms with Crippen LogP contribution in [0.1, 0.15) is 5.76 Å². The van der Waals surface area contributed by atoms with Gasteiger partial charge >= 0.3 is 0 Å². The minimum atomic E-state index is 0.0796. The van der Waals surface area contributed by atoms with Crippen LogP contribution in [0.4, 0.5) is 5.95 Å². The first kappa shape index (κ1) is 13.6. The number of hydrogen-bond donors (Lipinski definition) is 1. The molecule has 1 aromatic carbocycles. The Kier molecular flexibility index (Phi) is 3.59. The second-order valence-corrected chi connectivity index (χ2v) is 4.84. The lowest BCUT2D eigenvalue weighted by Crippen LogP contribution is -1.99. The van der Waals surface area contributed by atoms with Gasteiger partial charge in [0.15, 0.2) is 0 Å². The number of anilines is 1. The lowest BCUT2D eigenvalue weighted by Gasteiger charge is -2.00. The third-order valence-electron chi connectivity index (χ3n) is 2.59. The lowest BCUT2D eigenvalue weighted by atomic mass is 10.2. The highest BCUT2D eigenvalue weighted by molar-refractivity contribution is 6.35. The molecule has 0 aliphatic heterocycles. The summed E-state index contributed by atoms with van der Waals surface area (Å²) in [7, 11) is 0. The monoisotopic (exact) mass is 322 g/mol.